The number of rotatable bonds is 13. The monoisotopic (exact) mass is 999 g/mol. The maximum absolute atomic E-state index is 12.2. The molecule has 0 atom stereocenters. The van der Waals surface area contributed by atoms with E-state index < -0.39 is 8.07 Å². The number of carbonyl (C=O) groups excluding carboxylic acids is 1. The third-order valence-corrected chi connectivity index (χ3v) is 13.1. The number of methoxy groups -OCH3 is 3. The lowest BCUT2D eigenvalue weighted by molar-refractivity contribution is 0.0600. The van der Waals surface area contributed by atoms with E-state index in [2.05, 4.69) is 54.3 Å². The summed E-state index contributed by atoms with van der Waals surface area (Å²) in [4.78, 5) is 12.2. The molecule has 0 aliphatic heterocycles. The molecule has 1 aliphatic carbocycles. The smallest absolute Gasteiger partial charge is 0.337 e. The Morgan fingerprint density at radius 2 is 1.04 bits per heavy atom. The molecule has 10 heteroatoms. The van der Waals surface area contributed by atoms with E-state index in [1.165, 1.54) is 26.4 Å². The van der Waals surface area contributed by atoms with Crippen molar-refractivity contribution in [2.24, 2.45) is 0 Å². The summed E-state index contributed by atoms with van der Waals surface area (Å²) in [5.74, 6) is 12.5. The second-order valence-electron chi connectivity index (χ2n) is 18.2. The maximum Gasteiger partial charge on any atom is 0.337 e. The molecular weight excluding hydrogens is 942 g/mol. The van der Waals surface area contributed by atoms with Gasteiger partial charge in [-0.1, -0.05) is 116 Å². The molecule has 7 aromatic carbocycles. The minimum absolute atomic E-state index is 0.372. The van der Waals surface area contributed by atoms with E-state index in [1.807, 2.05) is 133 Å². The van der Waals surface area contributed by atoms with Crippen molar-refractivity contribution in [3.8, 4) is 68.6 Å². The molecule has 8 rings (SSSR count). The number of benzene rings is 7. The first-order chi connectivity index (χ1) is 34.4. The lowest BCUT2D eigenvalue weighted by Gasteiger charge is -2.24. The van der Waals surface area contributed by atoms with Crippen LogP contribution in [-0.2, 0) is 18.0 Å². The molecule has 0 saturated heterocycles. The first kappa shape index (κ1) is 51.8. The van der Waals surface area contributed by atoms with Crippen LogP contribution in [0.5, 0.6) is 23.0 Å². The minimum Gasteiger partial charge on any atom is -0.497 e. The summed E-state index contributed by atoms with van der Waals surface area (Å²) in [7, 11) is 3.33. The Hall–Kier alpha value is -7.07. The molecule has 0 spiro atoms. The molecule has 1 fully saturated rings. The highest BCUT2D eigenvalue weighted by atomic mass is 35.5. The fraction of sp³-hybridized carbons (Fsp3) is 0.230. The molecule has 362 valence electrons. The quantitative estimate of drug-likeness (QED) is 0.0701. The van der Waals surface area contributed by atoms with Crippen LogP contribution in [0.25, 0.3) is 22.3 Å². The molecule has 0 aromatic heterocycles. The molecule has 0 heterocycles. The van der Waals surface area contributed by atoms with Gasteiger partial charge in [-0.2, -0.15) is 0 Å². The number of anilines is 1. The Bertz CT molecular complexity index is 3010. The van der Waals surface area contributed by atoms with Gasteiger partial charge in [0.05, 0.1) is 32.6 Å². The van der Waals surface area contributed by atoms with Crippen molar-refractivity contribution in [3.63, 3.8) is 0 Å². The molecule has 0 unspecified atom stereocenters. The van der Waals surface area contributed by atoms with E-state index in [0.29, 0.717) is 29.8 Å². The summed E-state index contributed by atoms with van der Waals surface area (Å²) >= 11 is 12.1. The maximum atomic E-state index is 12.2. The molecular formula is C61H59Cl2NO6Si. The van der Waals surface area contributed by atoms with Gasteiger partial charge in [-0.05, 0) is 150 Å². The Morgan fingerprint density at radius 1 is 0.563 bits per heavy atom. The van der Waals surface area contributed by atoms with Crippen molar-refractivity contribution in [3.05, 3.63) is 195 Å². The average molecular weight is 1000 g/mol. The Balaban J connectivity index is 0.000000224. The highest BCUT2D eigenvalue weighted by Crippen LogP contribution is 2.32. The third kappa shape index (κ3) is 15.5. The van der Waals surface area contributed by atoms with Gasteiger partial charge in [0.25, 0.3) is 0 Å². The van der Waals surface area contributed by atoms with Crippen molar-refractivity contribution >= 4 is 42.9 Å². The lowest BCUT2D eigenvalue weighted by Crippen LogP contribution is -2.22. The van der Waals surface area contributed by atoms with Crippen LogP contribution in [-0.4, -0.2) is 41.4 Å². The van der Waals surface area contributed by atoms with Crippen LogP contribution in [0, 0.1) is 23.3 Å². The molecule has 0 amide bonds. The molecule has 1 N–H and O–H groups in total. The minimum atomic E-state index is -1.38. The Morgan fingerprint density at radius 3 is 1.51 bits per heavy atom. The molecule has 7 nitrogen and oxygen atoms in total. The lowest BCUT2D eigenvalue weighted by atomic mass is 9.95. The van der Waals surface area contributed by atoms with Crippen molar-refractivity contribution in [1.29, 1.82) is 0 Å². The first-order valence-corrected chi connectivity index (χ1v) is 28.0. The summed E-state index contributed by atoms with van der Waals surface area (Å²) in [6.07, 6.45) is 6.03. The normalized spacial score (nSPS) is 12.1. The van der Waals surface area contributed by atoms with Crippen molar-refractivity contribution in [2.75, 3.05) is 26.6 Å². The fourth-order valence-electron chi connectivity index (χ4n) is 7.93. The summed E-state index contributed by atoms with van der Waals surface area (Å²) in [6, 6.07) is 49.2. The van der Waals surface area contributed by atoms with E-state index in [4.69, 9.17) is 46.9 Å². The van der Waals surface area contributed by atoms with Gasteiger partial charge in [0.2, 0.25) is 0 Å². The zero-order valence-corrected chi connectivity index (χ0v) is 43.7. The van der Waals surface area contributed by atoms with Gasteiger partial charge in [-0.25, -0.2) is 4.79 Å². The molecule has 1 saturated carbocycles. The van der Waals surface area contributed by atoms with E-state index in [0.717, 1.165) is 96.6 Å². The fourth-order valence-corrected chi connectivity index (χ4v) is 8.70. The van der Waals surface area contributed by atoms with E-state index in [1.54, 1.807) is 26.4 Å². The van der Waals surface area contributed by atoms with E-state index in [-0.39, 0.29) is 5.97 Å². The van der Waals surface area contributed by atoms with Crippen molar-refractivity contribution < 1.29 is 28.5 Å². The van der Waals surface area contributed by atoms with Crippen LogP contribution >= 0.6 is 23.2 Å². The number of esters is 1. The number of hydrogen-bond acceptors (Lipinski definition) is 7. The van der Waals surface area contributed by atoms with Crippen LogP contribution in [0.2, 0.25) is 29.7 Å². The first-order valence-electron chi connectivity index (χ1n) is 23.7. The van der Waals surface area contributed by atoms with Crippen LogP contribution < -0.4 is 24.3 Å². The molecule has 71 heavy (non-hydrogen) atoms. The van der Waals surface area contributed by atoms with Gasteiger partial charge >= 0.3 is 5.97 Å². The summed E-state index contributed by atoms with van der Waals surface area (Å²) < 4.78 is 28.0. The largest absolute Gasteiger partial charge is 0.497 e. The molecule has 1 aliphatic rings. The number of halogens is 2. The van der Waals surface area contributed by atoms with Gasteiger partial charge in [0, 0.05) is 43.9 Å². The zero-order valence-electron chi connectivity index (χ0n) is 41.2. The van der Waals surface area contributed by atoms with Crippen LogP contribution in [0.4, 0.5) is 5.69 Å². The molecule has 0 bridgehead atoms. The highest BCUT2D eigenvalue weighted by molar-refractivity contribution is 6.83. The van der Waals surface area contributed by atoms with Gasteiger partial charge in [0.1, 0.15) is 44.3 Å². The van der Waals surface area contributed by atoms with Crippen LogP contribution in [0.15, 0.2) is 152 Å². The topological polar surface area (TPSA) is 75.3 Å². The SMILES string of the molecule is COC(=O)c1ccc(NC2CCCCC2)c(C#Cc2ccc(OCc3cc(OC)ccc3-c3ccc(Cl)cc3)cc2)c1.COc1ccc(-c2ccc(Cl)cc2)c(COc2ccc(C#C[Si](C)(C)C)cc2)c1. The van der Waals surface area contributed by atoms with Crippen molar-refractivity contribution in [2.45, 2.75) is 71.0 Å². The predicted molar refractivity (Wildman–Crippen MR) is 293 cm³/mol. The Kier molecular flexibility index (Phi) is 18.3. The highest BCUT2D eigenvalue weighted by Gasteiger charge is 2.17. The van der Waals surface area contributed by atoms with E-state index in [9.17, 15) is 4.79 Å². The second kappa shape index (κ2) is 25.2. The van der Waals surface area contributed by atoms with E-state index >= 15 is 0 Å². The number of ether oxygens (including phenoxy) is 5. The van der Waals surface area contributed by atoms with Gasteiger partial charge in [0.15, 0.2) is 0 Å². The standard InChI is InChI=1S/C36H34ClNO4.C25H25ClO2Si/c1-40-33-19-20-34(26-12-15-30(37)16-13-26)29(23-33)24-42-32-17-9-25(10-18-32)8-11-27-22-28(36(39)41-2)14-21-35(27)38-31-6-4-3-5-7-31;1-27-24-13-14-25(20-7-9-22(26)10-8-20)21(17-24)18-28-23-11-5-19(6-12-23)15-16-29(2,3)4/h9-10,12-23,31,38H,3-7,24H2,1-2H3;5-14,17H,18H2,1-4H3. The summed E-state index contributed by atoms with van der Waals surface area (Å²) in [5, 5.41) is 5.06. The van der Waals surface area contributed by atoms with Crippen LogP contribution in [0.1, 0.15) is 70.3 Å². The average Bonchev–Trinajstić information content (AvgIpc) is 3.39. The predicted octanol–water partition coefficient (Wildman–Crippen LogP) is 15.3. The molecule has 0 radical (unpaired) electrons. The van der Waals surface area contributed by atoms with Crippen LogP contribution in [0.3, 0.4) is 0 Å². The third-order valence-electron chi connectivity index (χ3n) is 11.8. The Labute approximate surface area is 430 Å². The summed E-state index contributed by atoms with van der Waals surface area (Å²) in [6.45, 7) is 7.53. The van der Waals surface area contributed by atoms with Gasteiger partial charge < -0.3 is 29.0 Å². The van der Waals surface area contributed by atoms with Gasteiger partial charge in [-0.3, -0.25) is 0 Å². The second-order valence-corrected chi connectivity index (χ2v) is 23.8. The number of hydrogen-bond donors (Lipinski definition) is 1. The van der Waals surface area contributed by atoms with Gasteiger partial charge in [-0.15, -0.1) is 5.54 Å². The van der Waals surface area contributed by atoms with Crippen molar-refractivity contribution in [1.82, 2.24) is 0 Å². The number of nitrogens with one attached hydrogen (secondary N) is 1. The summed E-state index contributed by atoms with van der Waals surface area (Å²) in [5.41, 5.74) is 13.8. The molecule has 7 aromatic rings. The number of carbonyl (C=O) groups is 1. The zero-order chi connectivity index (χ0) is 50.2.